The maximum absolute atomic E-state index is 12.4. The van der Waals surface area contributed by atoms with E-state index in [1.54, 1.807) is 0 Å². The Morgan fingerprint density at radius 3 is 2.72 bits per heavy atom. The van der Waals surface area contributed by atoms with Crippen LogP contribution >= 0.6 is 0 Å². The lowest BCUT2D eigenvalue weighted by Crippen LogP contribution is -2.40. The Morgan fingerprint density at radius 1 is 1.16 bits per heavy atom. The van der Waals surface area contributed by atoms with Crippen LogP contribution in [0, 0.1) is 12.8 Å². The minimum Gasteiger partial charge on any atom is -0.439 e. The summed E-state index contributed by atoms with van der Waals surface area (Å²) in [6.45, 7) is 3.55. The lowest BCUT2D eigenvalue weighted by Gasteiger charge is -2.32. The van der Waals surface area contributed by atoms with Crippen molar-refractivity contribution in [3.8, 4) is 11.6 Å². The first-order chi connectivity index (χ1) is 12.2. The van der Waals surface area contributed by atoms with E-state index in [0.717, 1.165) is 56.0 Å². The van der Waals surface area contributed by atoms with Crippen LogP contribution in [0.3, 0.4) is 0 Å². The Balaban J connectivity index is 1.52. The highest BCUT2D eigenvalue weighted by molar-refractivity contribution is 5.81. The van der Waals surface area contributed by atoms with E-state index in [1.807, 2.05) is 48.2 Å². The third-order valence-electron chi connectivity index (χ3n) is 4.84. The molecule has 1 amide bonds. The summed E-state index contributed by atoms with van der Waals surface area (Å²) in [7, 11) is 0. The van der Waals surface area contributed by atoms with Crippen molar-refractivity contribution >= 4 is 5.91 Å². The molecule has 130 valence electrons. The third kappa shape index (κ3) is 3.81. The average molecular weight is 337 g/mol. The maximum Gasteiger partial charge on any atom is 0.225 e. The van der Waals surface area contributed by atoms with Crippen LogP contribution in [-0.4, -0.2) is 33.9 Å². The summed E-state index contributed by atoms with van der Waals surface area (Å²) in [5.74, 6) is 2.90. The zero-order valence-corrected chi connectivity index (χ0v) is 14.5. The van der Waals surface area contributed by atoms with Crippen LogP contribution in [0.1, 0.15) is 43.1 Å². The maximum atomic E-state index is 12.4. The van der Waals surface area contributed by atoms with Crippen molar-refractivity contribution in [1.29, 1.82) is 0 Å². The van der Waals surface area contributed by atoms with Crippen molar-refractivity contribution in [1.82, 2.24) is 14.9 Å². The highest BCUT2D eigenvalue weighted by atomic mass is 16.5. The van der Waals surface area contributed by atoms with E-state index in [1.165, 1.54) is 0 Å². The summed E-state index contributed by atoms with van der Waals surface area (Å²) in [6, 6.07) is 11.5. The molecule has 1 saturated carbocycles. The fraction of sp³-hybridized carbons (Fsp3) is 0.450. The number of ether oxygens (including phenoxy) is 1. The second-order valence-corrected chi connectivity index (χ2v) is 7.02. The number of likely N-dealkylation sites (tertiary alicyclic amines) is 1. The molecule has 0 bridgehead atoms. The Morgan fingerprint density at radius 2 is 1.96 bits per heavy atom. The van der Waals surface area contributed by atoms with Crippen LogP contribution in [0.4, 0.5) is 0 Å². The van der Waals surface area contributed by atoms with Crippen molar-refractivity contribution in [3.63, 3.8) is 0 Å². The number of aromatic nitrogens is 2. The van der Waals surface area contributed by atoms with Gasteiger partial charge in [-0.2, -0.15) is 4.98 Å². The van der Waals surface area contributed by atoms with E-state index in [0.29, 0.717) is 11.8 Å². The largest absolute Gasteiger partial charge is 0.439 e. The van der Waals surface area contributed by atoms with Gasteiger partial charge in [0.15, 0.2) is 0 Å². The summed E-state index contributed by atoms with van der Waals surface area (Å²) >= 11 is 0. The van der Waals surface area contributed by atoms with E-state index >= 15 is 0 Å². The Labute approximate surface area is 148 Å². The predicted octanol–water partition coefficient (Wildman–Crippen LogP) is 3.69. The molecule has 2 aliphatic rings. The number of carbonyl (C=O) groups excluding carboxylic acids is 1. The molecule has 1 aromatic carbocycles. The summed E-state index contributed by atoms with van der Waals surface area (Å²) in [5, 5.41) is 0. The molecule has 5 nitrogen and oxygen atoms in total. The molecule has 5 heteroatoms. The number of amides is 1. The van der Waals surface area contributed by atoms with Crippen molar-refractivity contribution in [2.75, 3.05) is 13.1 Å². The van der Waals surface area contributed by atoms with Gasteiger partial charge in [-0.25, -0.2) is 4.98 Å². The Bertz CT molecular complexity index is 759. The minimum atomic E-state index is 0.189. The molecule has 1 saturated heterocycles. The first-order valence-corrected chi connectivity index (χ1v) is 9.06. The highest BCUT2D eigenvalue weighted by Gasteiger charge is 2.36. The molecule has 2 aromatic rings. The van der Waals surface area contributed by atoms with Gasteiger partial charge < -0.3 is 9.64 Å². The third-order valence-corrected chi connectivity index (χ3v) is 4.84. The molecule has 0 unspecified atom stereocenters. The molecule has 0 radical (unpaired) electrons. The van der Waals surface area contributed by atoms with E-state index in [-0.39, 0.29) is 11.8 Å². The van der Waals surface area contributed by atoms with Gasteiger partial charge in [-0.05, 0) is 44.7 Å². The van der Waals surface area contributed by atoms with Gasteiger partial charge in [-0.1, -0.05) is 18.2 Å². The monoisotopic (exact) mass is 337 g/mol. The number of para-hydroxylation sites is 1. The molecular formula is C20H23N3O2. The van der Waals surface area contributed by atoms with E-state index < -0.39 is 0 Å². The first-order valence-electron chi connectivity index (χ1n) is 9.06. The van der Waals surface area contributed by atoms with Gasteiger partial charge in [0, 0.05) is 36.7 Å². The number of hydrogen-bond acceptors (Lipinski definition) is 4. The molecule has 0 N–H and O–H groups in total. The molecule has 1 atom stereocenters. The van der Waals surface area contributed by atoms with Gasteiger partial charge in [-0.15, -0.1) is 0 Å². The Hall–Kier alpha value is -2.43. The predicted molar refractivity (Wildman–Crippen MR) is 94.6 cm³/mol. The van der Waals surface area contributed by atoms with E-state index in [9.17, 15) is 4.79 Å². The minimum absolute atomic E-state index is 0.189. The topological polar surface area (TPSA) is 55.3 Å². The zero-order chi connectivity index (χ0) is 17.2. The molecule has 25 heavy (non-hydrogen) atoms. The summed E-state index contributed by atoms with van der Waals surface area (Å²) in [5.41, 5.74) is 0.890. The molecule has 1 aromatic heterocycles. The lowest BCUT2D eigenvalue weighted by molar-refractivity contribution is -0.133. The molecule has 2 fully saturated rings. The fourth-order valence-corrected chi connectivity index (χ4v) is 3.38. The number of benzene rings is 1. The molecule has 1 aliphatic heterocycles. The number of nitrogens with zero attached hydrogens (tertiary/aromatic N) is 3. The van der Waals surface area contributed by atoms with Gasteiger partial charge in [0.05, 0.1) is 0 Å². The van der Waals surface area contributed by atoms with Crippen LogP contribution in [0.25, 0.3) is 0 Å². The quantitative estimate of drug-likeness (QED) is 0.854. The van der Waals surface area contributed by atoms with Crippen LogP contribution in [0.2, 0.25) is 0 Å². The summed E-state index contributed by atoms with van der Waals surface area (Å²) in [6.07, 6.45) is 4.13. The summed E-state index contributed by atoms with van der Waals surface area (Å²) < 4.78 is 5.88. The van der Waals surface area contributed by atoms with Crippen LogP contribution < -0.4 is 4.74 Å². The smallest absolute Gasteiger partial charge is 0.225 e. The molecule has 0 spiro atoms. The van der Waals surface area contributed by atoms with Crippen LogP contribution in [0.15, 0.2) is 36.4 Å². The van der Waals surface area contributed by atoms with Crippen LogP contribution in [0.5, 0.6) is 11.6 Å². The average Bonchev–Trinajstić information content (AvgIpc) is 3.47. The molecule has 2 heterocycles. The first kappa shape index (κ1) is 16.1. The van der Waals surface area contributed by atoms with Gasteiger partial charge in [0.2, 0.25) is 11.8 Å². The number of aryl methyl sites for hydroxylation is 1. The van der Waals surface area contributed by atoms with E-state index in [2.05, 4.69) is 9.97 Å². The number of hydrogen-bond donors (Lipinski definition) is 0. The zero-order valence-electron chi connectivity index (χ0n) is 14.5. The number of carbonyl (C=O) groups is 1. The van der Waals surface area contributed by atoms with Gasteiger partial charge in [0.25, 0.3) is 0 Å². The SMILES string of the molecule is Cc1cc(Oc2ccccc2)nc([C@H]2CCCN(C(=O)C3CC3)C2)n1. The highest BCUT2D eigenvalue weighted by Crippen LogP contribution is 2.34. The van der Waals surface area contributed by atoms with Crippen molar-refractivity contribution in [2.24, 2.45) is 5.92 Å². The molecule has 4 rings (SSSR count). The fourth-order valence-electron chi connectivity index (χ4n) is 3.38. The molecule has 1 aliphatic carbocycles. The van der Waals surface area contributed by atoms with Crippen LogP contribution in [-0.2, 0) is 4.79 Å². The second-order valence-electron chi connectivity index (χ2n) is 7.02. The number of piperidine rings is 1. The normalized spacial score (nSPS) is 20.4. The van der Waals surface area contributed by atoms with Gasteiger partial charge >= 0.3 is 0 Å². The van der Waals surface area contributed by atoms with Gasteiger partial charge in [0.1, 0.15) is 11.6 Å². The van der Waals surface area contributed by atoms with Gasteiger partial charge in [-0.3, -0.25) is 4.79 Å². The molecular weight excluding hydrogens is 314 g/mol. The Kier molecular flexibility index (Phi) is 4.38. The van der Waals surface area contributed by atoms with Crippen molar-refractivity contribution in [3.05, 3.63) is 47.9 Å². The van der Waals surface area contributed by atoms with E-state index in [4.69, 9.17) is 4.74 Å². The standard InChI is InChI=1S/C20H23N3O2/c1-14-12-18(25-17-7-3-2-4-8-17)22-19(21-14)16-6-5-11-23(13-16)20(24)15-9-10-15/h2-4,7-8,12,15-16H,5-6,9-11,13H2,1H3/t16-/m0/s1. The second kappa shape index (κ2) is 6.82. The van der Waals surface area contributed by atoms with Crippen molar-refractivity contribution < 1.29 is 9.53 Å². The number of rotatable bonds is 4. The van der Waals surface area contributed by atoms with Crippen molar-refractivity contribution in [2.45, 2.75) is 38.5 Å². The summed E-state index contributed by atoms with van der Waals surface area (Å²) in [4.78, 5) is 23.6. The lowest BCUT2D eigenvalue weighted by atomic mass is 9.96.